The first-order chi connectivity index (χ1) is 13.1. The van der Waals surface area contributed by atoms with E-state index in [9.17, 15) is 14.4 Å². The first kappa shape index (κ1) is 17.3. The van der Waals surface area contributed by atoms with E-state index in [0.717, 1.165) is 23.6 Å². The summed E-state index contributed by atoms with van der Waals surface area (Å²) in [5.74, 6) is 0.635. The maximum atomic E-state index is 12.7. The second-order valence-corrected chi connectivity index (χ2v) is 6.43. The smallest absolute Gasteiger partial charge is 0.328 e. The Kier molecular flexibility index (Phi) is 4.68. The third-order valence-electron chi connectivity index (χ3n) is 4.60. The van der Waals surface area contributed by atoms with Crippen molar-refractivity contribution in [1.82, 2.24) is 14.9 Å². The van der Waals surface area contributed by atoms with Gasteiger partial charge in [0.25, 0.3) is 11.5 Å². The fourth-order valence-electron chi connectivity index (χ4n) is 3.15. The molecule has 1 aromatic carbocycles. The van der Waals surface area contributed by atoms with E-state index >= 15 is 0 Å². The largest absolute Gasteiger partial charge is 0.454 e. The van der Waals surface area contributed by atoms with Gasteiger partial charge < -0.3 is 24.5 Å². The maximum Gasteiger partial charge on any atom is 0.328 e. The topological polar surface area (TPSA) is 112 Å². The SMILES string of the molecule is O=C(NCC1CCCO1)c1c[nH]c(=O)n(Cc2ccc3c(c2)OCO3)c1=O. The minimum absolute atomic E-state index is 0.0116. The Hall–Kier alpha value is -3.07. The van der Waals surface area contributed by atoms with E-state index in [2.05, 4.69) is 10.3 Å². The highest BCUT2D eigenvalue weighted by atomic mass is 16.7. The zero-order chi connectivity index (χ0) is 18.8. The van der Waals surface area contributed by atoms with E-state index in [1.165, 1.54) is 0 Å². The Labute approximate surface area is 153 Å². The number of H-pyrrole nitrogens is 1. The summed E-state index contributed by atoms with van der Waals surface area (Å²) in [5.41, 5.74) is -0.674. The zero-order valence-electron chi connectivity index (χ0n) is 14.5. The van der Waals surface area contributed by atoms with Crippen molar-refractivity contribution >= 4 is 5.91 Å². The van der Waals surface area contributed by atoms with E-state index in [1.54, 1.807) is 18.2 Å². The van der Waals surface area contributed by atoms with Gasteiger partial charge in [-0.3, -0.25) is 14.2 Å². The molecule has 2 aliphatic heterocycles. The summed E-state index contributed by atoms with van der Waals surface area (Å²) in [6, 6.07) is 5.16. The summed E-state index contributed by atoms with van der Waals surface area (Å²) in [6.45, 7) is 1.17. The number of ether oxygens (including phenoxy) is 3. The van der Waals surface area contributed by atoms with Gasteiger partial charge in [0.05, 0.1) is 12.6 Å². The molecule has 0 aliphatic carbocycles. The Balaban J connectivity index is 1.54. The van der Waals surface area contributed by atoms with Gasteiger partial charge >= 0.3 is 5.69 Å². The summed E-state index contributed by atoms with van der Waals surface area (Å²) in [7, 11) is 0. The van der Waals surface area contributed by atoms with Crippen LogP contribution in [0.3, 0.4) is 0 Å². The number of aromatic amines is 1. The van der Waals surface area contributed by atoms with E-state index in [-0.39, 0.29) is 25.0 Å². The van der Waals surface area contributed by atoms with E-state index in [1.807, 2.05) is 0 Å². The van der Waals surface area contributed by atoms with Crippen LogP contribution in [0, 0.1) is 0 Å². The summed E-state index contributed by atoms with van der Waals surface area (Å²) >= 11 is 0. The first-order valence-corrected chi connectivity index (χ1v) is 8.72. The van der Waals surface area contributed by atoms with Crippen molar-refractivity contribution in [3.63, 3.8) is 0 Å². The molecule has 0 bridgehead atoms. The molecule has 142 valence electrons. The van der Waals surface area contributed by atoms with E-state index in [4.69, 9.17) is 14.2 Å². The summed E-state index contributed by atoms with van der Waals surface area (Å²) in [5, 5.41) is 2.69. The molecule has 1 atom stereocenters. The van der Waals surface area contributed by atoms with Gasteiger partial charge in [-0.05, 0) is 30.5 Å². The quantitative estimate of drug-likeness (QED) is 0.776. The summed E-state index contributed by atoms with van der Waals surface area (Å²) in [6.07, 6.45) is 2.94. The van der Waals surface area contributed by atoms with Crippen molar-refractivity contribution < 1.29 is 19.0 Å². The molecule has 2 N–H and O–H groups in total. The van der Waals surface area contributed by atoms with Crippen LogP contribution in [0.4, 0.5) is 0 Å². The van der Waals surface area contributed by atoms with Crippen molar-refractivity contribution in [1.29, 1.82) is 0 Å². The Bertz CT molecular complexity index is 974. The van der Waals surface area contributed by atoms with Crippen LogP contribution in [0.2, 0.25) is 0 Å². The number of carbonyl (C=O) groups is 1. The fraction of sp³-hybridized carbons (Fsp3) is 0.389. The summed E-state index contributed by atoms with van der Waals surface area (Å²) in [4.78, 5) is 39.6. The monoisotopic (exact) mass is 373 g/mol. The molecule has 0 radical (unpaired) electrons. The molecule has 3 heterocycles. The van der Waals surface area contributed by atoms with Gasteiger partial charge in [-0.1, -0.05) is 6.07 Å². The average molecular weight is 373 g/mol. The number of fused-ring (bicyclic) bond motifs is 1. The van der Waals surface area contributed by atoms with Crippen LogP contribution in [0.15, 0.2) is 34.0 Å². The number of nitrogens with zero attached hydrogens (tertiary/aromatic N) is 1. The van der Waals surface area contributed by atoms with Crippen molar-refractivity contribution in [2.45, 2.75) is 25.5 Å². The molecule has 1 saturated heterocycles. The molecule has 1 aromatic heterocycles. The molecule has 0 saturated carbocycles. The summed E-state index contributed by atoms with van der Waals surface area (Å²) < 4.78 is 17.0. The molecular formula is C18H19N3O6. The minimum Gasteiger partial charge on any atom is -0.454 e. The van der Waals surface area contributed by atoms with Crippen LogP contribution in [0.5, 0.6) is 11.5 Å². The van der Waals surface area contributed by atoms with E-state index in [0.29, 0.717) is 30.2 Å². The highest BCUT2D eigenvalue weighted by molar-refractivity contribution is 5.93. The number of carbonyl (C=O) groups excluding carboxylic acids is 1. The lowest BCUT2D eigenvalue weighted by Crippen LogP contribution is -2.42. The minimum atomic E-state index is -0.652. The first-order valence-electron chi connectivity index (χ1n) is 8.72. The van der Waals surface area contributed by atoms with Gasteiger partial charge in [-0.2, -0.15) is 0 Å². The van der Waals surface area contributed by atoms with E-state index < -0.39 is 17.2 Å². The standard InChI is InChI=1S/C18H19N3O6/c22-16(19-7-12-2-1-5-25-12)13-8-20-18(24)21(17(13)23)9-11-3-4-14-15(6-11)27-10-26-14/h3-4,6,8,12H,1-2,5,7,9-10H2,(H,19,22)(H,20,24). The van der Waals surface area contributed by atoms with Gasteiger partial charge in [-0.25, -0.2) is 4.79 Å². The third kappa shape index (κ3) is 3.59. The lowest BCUT2D eigenvalue weighted by molar-refractivity contribution is 0.0855. The van der Waals surface area contributed by atoms with Crippen molar-refractivity contribution in [2.75, 3.05) is 19.9 Å². The average Bonchev–Trinajstić information content (AvgIpc) is 3.34. The molecule has 27 heavy (non-hydrogen) atoms. The molecule has 1 unspecified atom stereocenters. The van der Waals surface area contributed by atoms with Crippen LogP contribution < -0.4 is 26.0 Å². The van der Waals surface area contributed by atoms with Crippen molar-refractivity contribution in [2.24, 2.45) is 0 Å². The molecular weight excluding hydrogens is 354 g/mol. The molecule has 4 rings (SSSR count). The van der Waals surface area contributed by atoms with Gasteiger partial charge in [0, 0.05) is 19.3 Å². The molecule has 1 amide bonds. The van der Waals surface area contributed by atoms with Crippen LogP contribution in [-0.2, 0) is 11.3 Å². The molecule has 9 heteroatoms. The number of rotatable bonds is 5. The van der Waals surface area contributed by atoms with Gasteiger partial charge in [0.2, 0.25) is 6.79 Å². The predicted octanol–water partition coefficient (Wildman–Crippen LogP) is 0.222. The molecule has 9 nitrogen and oxygen atoms in total. The lowest BCUT2D eigenvalue weighted by atomic mass is 10.2. The van der Waals surface area contributed by atoms with Crippen molar-refractivity contribution in [3.05, 3.63) is 56.4 Å². The maximum absolute atomic E-state index is 12.7. The normalized spacial score (nSPS) is 17.9. The van der Waals surface area contributed by atoms with Gasteiger partial charge in [0.15, 0.2) is 11.5 Å². The van der Waals surface area contributed by atoms with Gasteiger partial charge in [-0.15, -0.1) is 0 Å². The number of hydrogen-bond donors (Lipinski definition) is 2. The number of amides is 1. The Morgan fingerprint density at radius 2 is 2.11 bits per heavy atom. The van der Waals surface area contributed by atoms with Crippen molar-refractivity contribution in [3.8, 4) is 11.5 Å². The fourth-order valence-corrected chi connectivity index (χ4v) is 3.15. The zero-order valence-corrected chi connectivity index (χ0v) is 14.5. The molecule has 2 aliphatic rings. The molecule has 1 fully saturated rings. The number of nitrogens with one attached hydrogen (secondary N) is 2. The van der Waals surface area contributed by atoms with Crippen LogP contribution in [0.25, 0.3) is 0 Å². The Morgan fingerprint density at radius 3 is 2.93 bits per heavy atom. The van der Waals surface area contributed by atoms with Crippen LogP contribution in [-0.4, -0.2) is 41.5 Å². The van der Waals surface area contributed by atoms with Crippen LogP contribution >= 0.6 is 0 Å². The third-order valence-corrected chi connectivity index (χ3v) is 4.60. The second-order valence-electron chi connectivity index (χ2n) is 6.43. The highest BCUT2D eigenvalue weighted by Crippen LogP contribution is 2.32. The Morgan fingerprint density at radius 1 is 1.26 bits per heavy atom. The number of aromatic nitrogens is 2. The molecule has 0 spiro atoms. The van der Waals surface area contributed by atoms with Crippen LogP contribution in [0.1, 0.15) is 28.8 Å². The van der Waals surface area contributed by atoms with Gasteiger partial charge in [0.1, 0.15) is 5.56 Å². The molecule has 2 aromatic rings. The second kappa shape index (κ2) is 7.28. The number of benzene rings is 1. The predicted molar refractivity (Wildman–Crippen MR) is 94.3 cm³/mol. The number of hydrogen-bond acceptors (Lipinski definition) is 6. The lowest BCUT2D eigenvalue weighted by Gasteiger charge is -2.11. The highest BCUT2D eigenvalue weighted by Gasteiger charge is 2.20.